The van der Waals surface area contributed by atoms with Gasteiger partial charge in [-0.2, -0.15) is 0 Å². The highest BCUT2D eigenvalue weighted by Gasteiger charge is 2.42. The lowest BCUT2D eigenvalue weighted by Crippen LogP contribution is -2.56. The van der Waals surface area contributed by atoms with Gasteiger partial charge in [0, 0.05) is 32.6 Å². The van der Waals surface area contributed by atoms with E-state index in [1.807, 2.05) is 4.90 Å². The minimum Gasteiger partial charge on any atom is -0.480 e. The van der Waals surface area contributed by atoms with Gasteiger partial charge in [-0.25, -0.2) is 17.5 Å². The van der Waals surface area contributed by atoms with Crippen LogP contribution in [0.1, 0.15) is 33.1 Å². The van der Waals surface area contributed by atoms with E-state index < -0.39 is 27.4 Å². The van der Waals surface area contributed by atoms with Crippen molar-refractivity contribution in [1.29, 1.82) is 0 Å². The third kappa shape index (κ3) is 3.98. The molecule has 0 aromatic carbocycles. The van der Waals surface area contributed by atoms with E-state index in [0.717, 1.165) is 6.54 Å². The molecule has 9 heteroatoms. The second-order valence-corrected chi connectivity index (χ2v) is 9.51. The van der Waals surface area contributed by atoms with E-state index in [0.29, 0.717) is 32.4 Å². The number of carboxylic acids is 1. The van der Waals surface area contributed by atoms with Gasteiger partial charge in [-0.15, -0.1) is 0 Å². The van der Waals surface area contributed by atoms with Crippen molar-refractivity contribution in [3.8, 4) is 0 Å². The van der Waals surface area contributed by atoms with Crippen LogP contribution in [0.25, 0.3) is 0 Å². The molecule has 8 nitrogen and oxygen atoms in total. The molecule has 0 saturated carbocycles. The van der Waals surface area contributed by atoms with Gasteiger partial charge in [-0.3, -0.25) is 9.69 Å². The van der Waals surface area contributed by atoms with E-state index in [9.17, 15) is 23.1 Å². The summed E-state index contributed by atoms with van der Waals surface area (Å²) in [4.78, 5) is 27.2. The van der Waals surface area contributed by atoms with Gasteiger partial charge in [-0.1, -0.05) is 13.8 Å². The molecule has 2 heterocycles. The monoisotopic (exact) mass is 375 g/mol. The molecule has 0 aromatic rings. The quantitative estimate of drug-likeness (QED) is 0.715. The number of amides is 1. The third-order valence-corrected chi connectivity index (χ3v) is 7.74. The van der Waals surface area contributed by atoms with Gasteiger partial charge >= 0.3 is 5.97 Å². The summed E-state index contributed by atoms with van der Waals surface area (Å²) in [5, 5.41) is 8.90. The molecule has 0 unspecified atom stereocenters. The topological polar surface area (TPSA) is 98.2 Å². The lowest BCUT2D eigenvalue weighted by Gasteiger charge is -2.42. The van der Waals surface area contributed by atoms with Crippen LogP contribution in [0.4, 0.5) is 0 Å². The fourth-order valence-corrected chi connectivity index (χ4v) is 5.75. The van der Waals surface area contributed by atoms with Gasteiger partial charge in [0.05, 0.1) is 0 Å². The highest BCUT2D eigenvalue weighted by molar-refractivity contribution is 7.89. The molecule has 25 heavy (non-hydrogen) atoms. The maximum atomic E-state index is 12.6. The summed E-state index contributed by atoms with van der Waals surface area (Å²) < 4.78 is 26.7. The fourth-order valence-electron chi connectivity index (χ4n) is 3.72. The van der Waals surface area contributed by atoms with Gasteiger partial charge in [0.15, 0.2) is 0 Å². The molecule has 0 bridgehead atoms. The molecule has 2 aliphatic rings. The van der Waals surface area contributed by atoms with Crippen LogP contribution in [-0.4, -0.2) is 84.7 Å². The van der Waals surface area contributed by atoms with Crippen LogP contribution >= 0.6 is 0 Å². The maximum absolute atomic E-state index is 12.6. The molecule has 2 aliphatic heterocycles. The van der Waals surface area contributed by atoms with Crippen molar-refractivity contribution in [3.63, 3.8) is 0 Å². The van der Waals surface area contributed by atoms with Crippen LogP contribution in [-0.2, 0) is 19.6 Å². The molecule has 2 fully saturated rings. The maximum Gasteiger partial charge on any atom is 0.326 e. The predicted molar refractivity (Wildman–Crippen MR) is 93.3 cm³/mol. The molecule has 0 radical (unpaired) electrons. The Morgan fingerprint density at radius 2 is 1.68 bits per heavy atom. The second kappa shape index (κ2) is 7.59. The number of likely N-dealkylation sites (N-methyl/N-ethyl adjacent to an activating group) is 1. The Hall–Kier alpha value is -1.19. The van der Waals surface area contributed by atoms with Crippen molar-refractivity contribution < 1.29 is 23.1 Å². The number of carboxylic acid groups (broad SMARTS) is 1. The smallest absolute Gasteiger partial charge is 0.326 e. The highest BCUT2D eigenvalue weighted by atomic mass is 32.2. The van der Waals surface area contributed by atoms with Crippen LogP contribution in [0.3, 0.4) is 0 Å². The van der Waals surface area contributed by atoms with Crippen molar-refractivity contribution in [2.75, 3.05) is 33.7 Å². The summed E-state index contributed by atoms with van der Waals surface area (Å²) >= 11 is 0. The van der Waals surface area contributed by atoms with E-state index in [-0.39, 0.29) is 17.7 Å². The van der Waals surface area contributed by atoms with Gasteiger partial charge in [0.1, 0.15) is 11.4 Å². The van der Waals surface area contributed by atoms with E-state index in [1.165, 1.54) is 16.3 Å². The predicted octanol–water partition coefficient (Wildman–Crippen LogP) is 0.257. The number of carbonyl (C=O) groups is 2. The first-order valence-corrected chi connectivity index (χ1v) is 10.3. The number of aliphatic carboxylic acids is 1. The van der Waals surface area contributed by atoms with Crippen molar-refractivity contribution in [3.05, 3.63) is 0 Å². The fraction of sp³-hybridized carbons (Fsp3) is 0.875. The molecule has 2 rings (SSSR count). The highest BCUT2D eigenvalue weighted by Crippen LogP contribution is 2.28. The molecular formula is C16H29N3O5S. The van der Waals surface area contributed by atoms with E-state index in [2.05, 4.69) is 0 Å². The average Bonchev–Trinajstić information content (AvgIpc) is 2.51. The zero-order chi connectivity index (χ0) is 18.9. The Bertz CT molecular complexity index is 613. The van der Waals surface area contributed by atoms with Gasteiger partial charge < -0.3 is 10.0 Å². The summed E-state index contributed by atoms with van der Waals surface area (Å²) in [5.74, 6) is -1.74. The summed E-state index contributed by atoms with van der Waals surface area (Å²) in [6.45, 7) is 4.96. The molecule has 2 atom stereocenters. The number of hydrogen-bond acceptors (Lipinski definition) is 5. The van der Waals surface area contributed by atoms with Crippen molar-refractivity contribution in [1.82, 2.24) is 14.1 Å². The molecule has 144 valence electrons. The van der Waals surface area contributed by atoms with Gasteiger partial charge in [0.25, 0.3) is 0 Å². The Morgan fingerprint density at radius 3 is 2.04 bits per heavy atom. The SMILES string of the molecule is CC(C)[C@@H](C(=O)O)N(C)C(=O)C1CCN(S(=O)(=O)[C@H]2CCN2C)CC1. The van der Waals surface area contributed by atoms with Crippen molar-refractivity contribution in [2.24, 2.45) is 11.8 Å². The van der Waals surface area contributed by atoms with Gasteiger partial charge in [0.2, 0.25) is 15.9 Å². The first-order chi connectivity index (χ1) is 11.6. The Morgan fingerprint density at radius 1 is 1.12 bits per heavy atom. The first-order valence-electron chi connectivity index (χ1n) is 8.76. The van der Waals surface area contributed by atoms with Crippen LogP contribution in [0.15, 0.2) is 0 Å². The zero-order valence-electron chi connectivity index (χ0n) is 15.4. The van der Waals surface area contributed by atoms with Crippen LogP contribution in [0.2, 0.25) is 0 Å². The summed E-state index contributed by atoms with van der Waals surface area (Å²) in [7, 11) is -0.0249. The van der Waals surface area contributed by atoms with E-state index in [4.69, 9.17) is 0 Å². The van der Waals surface area contributed by atoms with E-state index >= 15 is 0 Å². The largest absolute Gasteiger partial charge is 0.480 e. The number of carbonyl (C=O) groups excluding carboxylic acids is 1. The van der Waals surface area contributed by atoms with Crippen molar-refractivity contribution >= 4 is 21.9 Å². The Balaban J connectivity index is 1.97. The van der Waals surface area contributed by atoms with Crippen LogP contribution < -0.4 is 0 Å². The molecule has 1 N–H and O–H groups in total. The molecule has 1 amide bonds. The number of piperidine rings is 1. The summed E-state index contributed by atoms with van der Waals surface area (Å²) in [5.41, 5.74) is 0. The van der Waals surface area contributed by atoms with Crippen LogP contribution in [0, 0.1) is 11.8 Å². The Labute approximate surface area is 149 Å². The van der Waals surface area contributed by atoms with Gasteiger partial charge in [-0.05, 0) is 32.2 Å². The lowest BCUT2D eigenvalue weighted by molar-refractivity contribution is -0.153. The third-order valence-electron chi connectivity index (χ3n) is 5.38. The number of nitrogens with zero attached hydrogens (tertiary/aromatic N) is 3. The minimum absolute atomic E-state index is 0.193. The average molecular weight is 375 g/mol. The molecular weight excluding hydrogens is 346 g/mol. The first kappa shape index (κ1) is 20.1. The molecule has 2 saturated heterocycles. The normalized spacial score (nSPS) is 24.8. The lowest BCUT2D eigenvalue weighted by atomic mass is 9.94. The number of rotatable bonds is 6. The Kier molecular flexibility index (Phi) is 6.11. The van der Waals surface area contributed by atoms with Crippen molar-refractivity contribution in [2.45, 2.75) is 44.5 Å². The summed E-state index contributed by atoms with van der Waals surface area (Å²) in [6, 6.07) is -0.863. The zero-order valence-corrected chi connectivity index (χ0v) is 16.2. The minimum atomic E-state index is -3.35. The van der Waals surface area contributed by atoms with E-state index in [1.54, 1.807) is 20.9 Å². The molecule has 0 aliphatic carbocycles. The summed E-state index contributed by atoms with van der Waals surface area (Å²) in [6.07, 6.45) is 1.52. The number of hydrogen-bond donors (Lipinski definition) is 1. The van der Waals surface area contributed by atoms with Crippen LogP contribution in [0.5, 0.6) is 0 Å². The standard InChI is InChI=1S/C16H29N3O5S/c1-11(2)14(16(21)22)18(4)15(20)12-5-9-19(10-6-12)25(23,24)13-7-8-17(13)3/h11-14H,5-10H2,1-4H3,(H,21,22)/t13-,14-/m0/s1. The second-order valence-electron chi connectivity index (χ2n) is 7.42. The number of likely N-dealkylation sites (tertiary alicyclic amines) is 1. The number of sulfonamides is 1. The molecule has 0 spiro atoms. The molecule has 0 aromatic heterocycles.